The summed E-state index contributed by atoms with van der Waals surface area (Å²) >= 11 is 0. The number of rotatable bonds is 3. The van der Waals surface area contributed by atoms with Crippen LogP contribution < -0.4 is 5.73 Å². The Balaban J connectivity index is 1.93. The van der Waals surface area contributed by atoms with Gasteiger partial charge in [-0.15, -0.1) is 0 Å². The Morgan fingerprint density at radius 3 is 3.11 bits per heavy atom. The van der Waals surface area contributed by atoms with Gasteiger partial charge in [0, 0.05) is 12.4 Å². The lowest BCUT2D eigenvalue weighted by Crippen LogP contribution is -2.09. The first kappa shape index (κ1) is 10.6. The minimum atomic E-state index is 0.0176. The van der Waals surface area contributed by atoms with Crippen LogP contribution in [0.25, 0.3) is 11.0 Å². The van der Waals surface area contributed by atoms with E-state index in [2.05, 4.69) is 4.98 Å². The van der Waals surface area contributed by atoms with E-state index in [9.17, 15) is 0 Å². The second kappa shape index (κ2) is 4.03. The molecule has 3 aromatic heterocycles. The molecule has 5 nitrogen and oxygen atoms in total. The average Bonchev–Trinajstić information content (AvgIpc) is 2.98. The van der Waals surface area contributed by atoms with Crippen LogP contribution in [0.5, 0.6) is 0 Å². The molecule has 90 valence electrons. The molecule has 0 aliphatic carbocycles. The van der Waals surface area contributed by atoms with Crippen molar-refractivity contribution in [2.45, 2.75) is 6.54 Å². The Morgan fingerprint density at radius 2 is 2.33 bits per heavy atom. The highest BCUT2D eigenvalue weighted by Crippen LogP contribution is 2.16. The van der Waals surface area contributed by atoms with Gasteiger partial charge in [-0.25, -0.2) is 0 Å². The summed E-state index contributed by atoms with van der Waals surface area (Å²) < 4.78 is 7.43. The fourth-order valence-corrected chi connectivity index (χ4v) is 1.93. The van der Waals surface area contributed by atoms with Crippen molar-refractivity contribution in [3.63, 3.8) is 0 Å². The second-order valence-electron chi connectivity index (χ2n) is 4.07. The topological polar surface area (TPSA) is 80.8 Å². The number of furan rings is 1. The molecule has 0 atom stereocenters. The van der Waals surface area contributed by atoms with Crippen LogP contribution in [0.1, 0.15) is 11.3 Å². The molecular formula is C13H12N4O. The maximum absolute atomic E-state index is 7.33. The van der Waals surface area contributed by atoms with Crippen molar-refractivity contribution in [2.24, 2.45) is 5.73 Å². The average molecular weight is 240 g/mol. The van der Waals surface area contributed by atoms with Crippen molar-refractivity contribution in [1.29, 1.82) is 5.41 Å². The summed E-state index contributed by atoms with van der Waals surface area (Å²) in [6.45, 7) is 0.600. The first-order valence-electron chi connectivity index (χ1n) is 5.56. The van der Waals surface area contributed by atoms with E-state index in [1.165, 1.54) is 6.26 Å². The molecule has 0 amide bonds. The predicted molar refractivity (Wildman–Crippen MR) is 68.6 cm³/mol. The number of hydrogen-bond acceptors (Lipinski definition) is 3. The van der Waals surface area contributed by atoms with E-state index < -0.39 is 0 Å². The molecular weight excluding hydrogens is 228 g/mol. The summed E-state index contributed by atoms with van der Waals surface area (Å²) in [4.78, 5) is 4.27. The summed E-state index contributed by atoms with van der Waals surface area (Å²) in [5.41, 5.74) is 8.02. The number of nitrogens with two attached hydrogens (primary N) is 1. The summed E-state index contributed by atoms with van der Waals surface area (Å²) in [6, 6.07) is 7.66. The first-order chi connectivity index (χ1) is 8.74. The quantitative estimate of drug-likeness (QED) is 0.542. The minimum absolute atomic E-state index is 0.0176. The fourth-order valence-electron chi connectivity index (χ4n) is 1.93. The van der Waals surface area contributed by atoms with Crippen molar-refractivity contribution < 1.29 is 4.42 Å². The second-order valence-corrected chi connectivity index (χ2v) is 4.07. The van der Waals surface area contributed by atoms with Gasteiger partial charge in [0.1, 0.15) is 17.9 Å². The van der Waals surface area contributed by atoms with Crippen molar-refractivity contribution in [3.05, 3.63) is 54.2 Å². The van der Waals surface area contributed by atoms with E-state index in [1.807, 2.05) is 29.0 Å². The van der Waals surface area contributed by atoms with Crippen molar-refractivity contribution in [2.75, 3.05) is 0 Å². The third kappa shape index (κ3) is 1.75. The molecule has 0 aliphatic rings. The summed E-state index contributed by atoms with van der Waals surface area (Å²) in [6.07, 6.45) is 5.24. The molecule has 3 N–H and O–H groups in total. The molecule has 5 heteroatoms. The van der Waals surface area contributed by atoms with Crippen LogP contribution in [0.3, 0.4) is 0 Å². The number of aromatic nitrogens is 2. The number of hydrogen-bond donors (Lipinski definition) is 2. The maximum atomic E-state index is 7.33. The highest BCUT2D eigenvalue weighted by molar-refractivity contribution is 5.94. The number of nitrogen functional groups attached to an aromatic ring is 1. The largest absolute Gasteiger partial charge is 0.467 e. The molecule has 0 aliphatic heterocycles. The standard InChI is InChI=1S/C13H12N4O/c14-13(15)9-6-10(18-8-9)7-17-5-3-11-12(17)2-1-4-16-11/h1-6,8H,7H2,(H3,14,15). The van der Waals surface area contributed by atoms with Crippen LogP contribution >= 0.6 is 0 Å². The highest BCUT2D eigenvalue weighted by Gasteiger charge is 2.07. The van der Waals surface area contributed by atoms with Crippen LogP contribution in [-0.2, 0) is 6.54 Å². The normalized spacial score (nSPS) is 10.9. The van der Waals surface area contributed by atoms with E-state index in [0.717, 1.165) is 16.8 Å². The van der Waals surface area contributed by atoms with E-state index in [1.54, 1.807) is 12.3 Å². The number of amidine groups is 1. The smallest absolute Gasteiger partial charge is 0.126 e. The Morgan fingerprint density at radius 1 is 1.44 bits per heavy atom. The van der Waals surface area contributed by atoms with Gasteiger partial charge < -0.3 is 14.7 Å². The minimum Gasteiger partial charge on any atom is -0.467 e. The lowest BCUT2D eigenvalue weighted by molar-refractivity contribution is 0.496. The van der Waals surface area contributed by atoms with Gasteiger partial charge in [-0.05, 0) is 24.3 Å². The van der Waals surface area contributed by atoms with Crippen LogP contribution in [0, 0.1) is 5.41 Å². The van der Waals surface area contributed by atoms with Crippen molar-refractivity contribution >= 4 is 16.9 Å². The van der Waals surface area contributed by atoms with E-state index in [-0.39, 0.29) is 5.84 Å². The van der Waals surface area contributed by atoms with E-state index in [4.69, 9.17) is 15.6 Å². The van der Waals surface area contributed by atoms with Gasteiger partial charge >= 0.3 is 0 Å². The van der Waals surface area contributed by atoms with Crippen molar-refractivity contribution in [1.82, 2.24) is 9.55 Å². The fraction of sp³-hybridized carbons (Fsp3) is 0.0769. The third-order valence-corrected chi connectivity index (χ3v) is 2.83. The molecule has 0 saturated heterocycles. The monoisotopic (exact) mass is 240 g/mol. The number of fused-ring (bicyclic) bond motifs is 1. The lowest BCUT2D eigenvalue weighted by atomic mass is 10.3. The van der Waals surface area contributed by atoms with Gasteiger partial charge in [0.15, 0.2) is 0 Å². The predicted octanol–water partition coefficient (Wildman–Crippen LogP) is 1.96. The van der Waals surface area contributed by atoms with Gasteiger partial charge in [-0.1, -0.05) is 0 Å². The molecule has 18 heavy (non-hydrogen) atoms. The first-order valence-corrected chi connectivity index (χ1v) is 5.56. The van der Waals surface area contributed by atoms with Crippen LogP contribution in [0.2, 0.25) is 0 Å². The Bertz CT molecular complexity index is 710. The molecule has 0 radical (unpaired) electrons. The van der Waals surface area contributed by atoms with Gasteiger partial charge in [0.05, 0.1) is 23.1 Å². The Kier molecular flexibility index (Phi) is 2.37. The maximum Gasteiger partial charge on any atom is 0.126 e. The SMILES string of the molecule is N=C(N)c1coc(Cn2ccc3ncccc32)c1. The molecule has 0 spiro atoms. The van der Waals surface area contributed by atoms with Gasteiger partial charge in [-0.3, -0.25) is 10.4 Å². The number of nitrogens with one attached hydrogen (secondary N) is 1. The molecule has 3 heterocycles. The number of nitrogens with zero attached hydrogens (tertiary/aromatic N) is 2. The lowest BCUT2D eigenvalue weighted by Gasteiger charge is -2.01. The zero-order valence-electron chi connectivity index (χ0n) is 9.63. The molecule has 0 bridgehead atoms. The zero-order valence-corrected chi connectivity index (χ0v) is 9.63. The summed E-state index contributed by atoms with van der Waals surface area (Å²) in [5, 5.41) is 7.33. The van der Waals surface area contributed by atoms with E-state index >= 15 is 0 Å². The van der Waals surface area contributed by atoms with Crippen LogP contribution in [0.15, 0.2) is 47.3 Å². The van der Waals surface area contributed by atoms with Crippen molar-refractivity contribution in [3.8, 4) is 0 Å². The van der Waals surface area contributed by atoms with Crippen LogP contribution in [-0.4, -0.2) is 15.4 Å². The summed E-state index contributed by atoms with van der Waals surface area (Å²) in [7, 11) is 0. The molecule has 3 rings (SSSR count). The third-order valence-electron chi connectivity index (χ3n) is 2.83. The van der Waals surface area contributed by atoms with Gasteiger partial charge in [-0.2, -0.15) is 0 Å². The van der Waals surface area contributed by atoms with Gasteiger partial charge in [0.25, 0.3) is 0 Å². The molecule has 0 aromatic carbocycles. The zero-order chi connectivity index (χ0) is 12.5. The molecule has 0 unspecified atom stereocenters. The molecule has 0 saturated carbocycles. The molecule has 3 aromatic rings. The highest BCUT2D eigenvalue weighted by atomic mass is 16.3. The van der Waals surface area contributed by atoms with E-state index in [0.29, 0.717) is 12.1 Å². The Hall–Kier alpha value is -2.56. The van der Waals surface area contributed by atoms with Gasteiger partial charge in [0.2, 0.25) is 0 Å². The van der Waals surface area contributed by atoms with Crippen LogP contribution in [0.4, 0.5) is 0 Å². The molecule has 0 fully saturated rings. The summed E-state index contributed by atoms with van der Waals surface area (Å²) in [5.74, 6) is 0.783. The number of pyridine rings is 1. The Labute approximate surface area is 103 Å².